The predicted molar refractivity (Wildman–Crippen MR) is 130 cm³/mol. The number of hydrogen-bond acceptors (Lipinski definition) is 4. The van der Waals surface area contributed by atoms with Crippen molar-refractivity contribution in [3.05, 3.63) is 64.7 Å². The van der Waals surface area contributed by atoms with Gasteiger partial charge in [-0.1, -0.05) is 29.8 Å². The Bertz CT molecular complexity index is 1400. The molecule has 0 fully saturated rings. The average Bonchev–Trinajstić information content (AvgIpc) is 3.25. The van der Waals surface area contributed by atoms with Crippen molar-refractivity contribution in [3.8, 4) is 22.4 Å². The van der Waals surface area contributed by atoms with Crippen LogP contribution in [0.2, 0.25) is 0 Å². The van der Waals surface area contributed by atoms with Crippen LogP contribution >= 0.6 is 0 Å². The number of carbonyl (C=O) groups excluding carboxylic acids is 1. The third-order valence-electron chi connectivity index (χ3n) is 5.60. The number of ether oxygens (including phenoxy) is 1. The van der Waals surface area contributed by atoms with E-state index < -0.39 is 5.60 Å². The molecule has 0 unspecified atom stereocenters. The summed E-state index contributed by atoms with van der Waals surface area (Å²) < 4.78 is 10.6. The van der Waals surface area contributed by atoms with E-state index in [0.29, 0.717) is 6.54 Å². The van der Waals surface area contributed by atoms with Crippen LogP contribution in [-0.4, -0.2) is 30.5 Å². The predicted octanol–water partition coefficient (Wildman–Crippen LogP) is 4.54. The van der Waals surface area contributed by atoms with Gasteiger partial charge in [0.2, 0.25) is 0 Å². The van der Waals surface area contributed by atoms with E-state index in [1.807, 2.05) is 71.0 Å². The van der Waals surface area contributed by atoms with Crippen LogP contribution in [0.5, 0.6) is 0 Å². The number of aromatic nitrogens is 4. The Labute approximate surface area is 193 Å². The summed E-state index contributed by atoms with van der Waals surface area (Å²) >= 11 is 0. The molecule has 0 spiro atoms. The van der Waals surface area contributed by atoms with Crippen LogP contribution in [0.1, 0.15) is 33.3 Å². The Morgan fingerprint density at radius 3 is 2.48 bits per heavy atom. The van der Waals surface area contributed by atoms with E-state index in [-0.39, 0.29) is 18.2 Å². The first-order valence-corrected chi connectivity index (χ1v) is 11.1. The van der Waals surface area contributed by atoms with Crippen molar-refractivity contribution in [3.63, 3.8) is 0 Å². The molecule has 0 saturated carbocycles. The summed E-state index contributed by atoms with van der Waals surface area (Å²) in [6, 6.07) is 14.1. The molecule has 7 nitrogen and oxygen atoms in total. The van der Waals surface area contributed by atoms with Gasteiger partial charge < -0.3 is 4.74 Å². The molecule has 33 heavy (non-hydrogen) atoms. The van der Waals surface area contributed by atoms with Crippen LogP contribution < -0.4 is 5.69 Å². The van der Waals surface area contributed by atoms with Gasteiger partial charge in [-0.05, 0) is 58.4 Å². The minimum atomic E-state index is -0.571. The zero-order valence-corrected chi connectivity index (χ0v) is 20.0. The second kappa shape index (κ2) is 8.39. The minimum Gasteiger partial charge on any atom is -0.459 e. The number of aryl methyl sites for hydroxylation is 3. The molecule has 0 aliphatic heterocycles. The van der Waals surface area contributed by atoms with E-state index in [2.05, 4.69) is 11.2 Å². The lowest BCUT2D eigenvalue weighted by atomic mass is 10.00. The fraction of sp³-hybridized carbons (Fsp3) is 0.346. The van der Waals surface area contributed by atoms with Gasteiger partial charge in [-0.2, -0.15) is 5.10 Å². The number of imidazole rings is 1. The van der Waals surface area contributed by atoms with Crippen LogP contribution in [0, 0.1) is 6.92 Å². The molecule has 0 amide bonds. The minimum absolute atomic E-state index is 0.00743. The van der Waals surface area contributed by atoms with E-state index in [9.17, 15) is 9.59 Å². The van der Waals surface area contributed by atoms with Gasteiger partial charge in [0.25, 0.3) is 0 Å². The summed E-state index contributed by atoms with van der Waals surface area (Å²) in [7, 11) is 1.79. The zero-order chi connectivity index (χ0) is 23.9. The average molecular weight is 447 g/mol. The van der Waals surface area contributed by atoms with Crippen molar-refractivity contribution in [1.82, 2.24) is 18.9 Å². The SMILES string of the molecule is CCn1c(=O)n(C)c2cc(-c3cnn(CC(=O)OC(C)(C)C)c3-c3cccc(C)c3)ccc21. The van der Waals surface area contributed by atoms with E-state index in [4.69, 9.17) is 4.74 Å². The Balaban J connectivity index is 1.87. The van der Waals surface area contributed by atoms with Gasteiger partial charge in [-0.25, -0.2) is 4.79 Å². The van der Waals surface area contributed by atoms with Gasteiger partial charge in [0.05, 0.1) is 22.9 Å². The molecule has 0 aliphatic carbocycles. The van der Waals surface area contributed by atoms with Crippen molar-refractivity contribution in [1.29, 1.82) is 0 Å². The molecule has 0 aliphatic rings. The van der Waals surface area contributed by atoms with Crippen LogP contribution in [-0.2, 0) is 29.7 Å². The second-order valence-electron chi connectivity index (χ2n) is 9.31. The number of esters is 1. The molecule has 172 valence electrons. The lowest BCUT2D eigenvalue weighted by Gasteiger charge is -2.20. The summed E-state index contributed by atoms with van der Waals surface area (Å²) in [5, 5.41) is 4.55. The van der Waals surface area contributed by atoms with Crippen molar-refractivity contribution in [2.75, 3.05) is 0 Å². The topological polar surface area (TPSA) is 71.0 Å². The summed E-state index contributed by atoms with van der Waals surface area (Å²) in [6.45, 7) is 10.2. The Morgan fingerprint density at radius 2 is 1.82 bits per heavy atom. The van der Waals surface area contributed by atoms with Crippen molar-refractivity contribution < 1.29 is 9.53 Å². The van der Waals surface area contributed by atoms with Crippen LogP contribution in [0.25, 0.3) is 33.4 Å². The highest BCUT2D eigenvalue weighted by molar-refractivity contribution is 5.88. The molecule has 2 aromatic heterocycles. The van der Waals surface area contributed by atoms with Gasteiger partial charge in [0.1, 0.15) is 12.1 Å². The van der Waals surface area contributed by atoms with Gasteiger partial charge in [-0.15, -0.1) is 0 Å². The number of rotatable bonds is 5. The fourth-order valence-electron chi connectivity index (χ4n) is 4.19. The zero-order valence-electron chi connectivity index (χ0n) is 20.0. The Kier molecular flexibility index (Phi) is 5.74. The Morgan fingerprint density at radius 1 is 1.06 bits per heavy atom. The summed E-state index contributed by atoms with van der Waals surface area (Å²) in [5.74, 6) is -0.344. The lowest BCUT2D eigenvalue weighted by Crippen LogP contribution is -2.27. The second-order valence-corrected chi connectivity index (χ2v) is 9.31. The maximum atomic E-state index is 12.6. The van der Waals surface area contributed by atoms with Crippen LogP contribution in [0.15, 0.2) is 53.5 Å². The van der Waals surface area contributed by atoms with Gasteiger partial charge in [-0.3, -0.25) is 18.6 Å². The third kappa shape index (κ3) is 4.35. The van der Waals surface area contributed by atoms with E-state index in [0.717, 1.165) is 39.0 Å². The normalized spacial score (nSPS) is 11.8. The molecule has 7 heteroatoms. The molecule has 0 bridgehead atoms. The maximum absolute atomic E-state index is 12.6. The van der Waals surface area contributed by atoms with Crippen molar-refractivity contribution in [2.24, 2.45) is 7.05 Å². The molecule has 0 N–H and O–H groups in total. The fourth-order valence-corrected chi connectivity index (χ4v) is 4.19. The van der Waals surface area contributed by atoms with Gasteiger partial charge in [0.15, 0.2) is 0 Å². The van der Waals surface area contributed by atoms with Crippen molar-refractivity contribution >= 4 is 17.0 Å². The van der Waals surface area contributed by atoms with Crippen LogP contribution in [0.4, 0.5) is 0 Å². The van der Waals surface area contributed by atoms with E-state index in [1.54, 1.807) is 27.1 Å². The van der Waals surface area contributed by atoms with Crippen molar-refractivity contribution in [2.45, 2.75) is 53.3 Å². The first-order valence-electron chi connectivity index (χ1n) is 11.1. The summed E-state index contributed by atoms with van der Waals surface area (Å²) in [5.41, 5.74) is 5.88. The number of benzene rings is 2. The summed E-state index contributed by atoms with van der Waals surface area (Å²) in [6.07, 6.45) is 1.78. The highest BCUT2D eigenvalue weighted by Gasteiger charge is 2.21. The third-order valence-corrected chi connectivity index (χ3v) is 5.60. The van der Waals surface area contributed by atoms with Crippen LogP contribution in [0.3, 0.4) is 0 Å². The number of nitrogens with zero attached hydrogens (tertiary/aromatic N) is 4. The molecule has 4 aromatic rings. The molecule has 0 atom stereocenters. The smallest absolute Gasteiger partial charge is 0.328 e. The molecule has 0 radical (unpaired) electrons. The Hall–Kier alpha value is -3.61. The maximum Gasteiger partial charge on any atom is 0.328 e. The molecule has 2 aromatic carbocycles. The molecular formula is C26H30N4O3. The molecule has 4 rings (SSSR count). The lowest BCUT2D eigenvalue weighted by molar-refractivity contribution is -0.155. The monoisotopic (exact) mass is 446 g/mol. The number of fused-ring (bicyclic) bond motifs is 1. The molecular weight excluding hydrogens is 416 g/mol. The molecule has 0 saturated heterocycles. The first-order chi connectivity index (χ1) is 15.6. The highest BCUT2D eigenvalue weighted by atomic mass is 16.6. The quantitative estimate of drug-likeness (QED) is 0.422. The van der Waals surface area contributed by atoms with E-state index >= 15 is 0 Å². The van der Waals surface area contributed by atoms with Gasteiger partial charge >= 0.3 is 11.7 Å². The summed E-state index contributed by atoms with van der Waals surface area (Å²) in [4.78, 5) is 25.2. The number of carbonyl (C=O) groups is 1. The largest absolute Gasteiger partial charge is 0.459 e. The van der Waals surface area contributed by atoms with Gasteiger partial charge in [0, 0.05) is 24.7 Å². The molecule has 2 heterocycles. The first kappa shape index (κ1) is 22.6. The highest BCUT2D eigenvalue weighted by Crippen LogP contribution is 2.34. The number of hydrogen-bond donors (Lipinski definition) is 0. The standard InChI is InChI=1S/C26H30N4O3/c1-7-29-21-12-11-18(14-22(21)28(6)25(29)32)20-15-27-30(16-23(31)33-26(3,4)5)24(20)19-10-8-9-17(2)13-19/h8-15H,7,16H2,1-6H3. The van der Waals surface area contributed by atoms with E-state index in [1.165, 1.54) is 0 Å².